The molecule has 0 aliphatic rings. The van der Waals surface area contributed by atoms with E-state index in [0.717, 1.165) is 5.56 Å². The Hall–Kier alpha value is -3.83. The van der Waals surface area contributed by atoms with E-state index in [1.807, 2.05) is 6.92 Å². The number of sulfonamides is 1. The van der Waals surface area contributed by atoms with Crippen LogP contribution in [0.1, 0.15) is 5.56 Å². The largest absolute Gasteiger partial charge is 0.326 e. The smallest absolute Gasteiger partial charge is 0.308 e. The van der Waals surface area contributed by atoms with E-state index in [2.05, 4.69) is 10.0 Å². The number of aryl methyl sites for hydroxylation is 1. The minimum Gasteiger partial charge on any atom is -0.308 e. The van der Waals surface area contributed by atoms with Crippen LogP contribution in [0.2, 0.25) is 0 Å². The molecule has 11 heteroatoms. The van der Waals surface area contributed by atoms with Gasteiger partial charge in [-0.1, -0.05) is 17.7 Å². The van der Waals surface area contributed by atoms with Gasteiger partial charge in [0.25, 0.3) is 5.69 Å². The highest BCUT2D eigenvalue weighted by Crippen LogP contribution is 2.19. The zero-order valence-electron chi connectivity index (χ0n) is 17.6. The molecule has 0 aliphatic carbocycles. The van der Waals surface area contributed by atoms with Crippen LogP contribution in [-0.2, 0) is 10.0 Å². The number of nitrogens with zero attached hydrogens (tertiary/aromatic N) is 2. The predicted molar refractivity (Wildman–Crippen MR) is 122 cm³/mol. The topological polar surface area (TPSA) is 122 Å². The van der Waals surface area contributed by atoms with Gasteiger partial charge in [-0.25, -0.2) is 22.3 Å². The van der Waals surface area contributed by atoms with E-state index < -0.39 is 26.8 Å². The molecular weight excluding hydrogens is 451 g/mol. The minimum absolute atomic E-state index is 0.0600. The highest BCUT2D eigenvalue weighted by molar-refractivity contribution is 7.89. The van der Waals surface area contributed by atoms with Crippen LogP contribution in [0.15, 0.2) is 77.7 Å². The fourth-order valence-electron chi connectivity index (χ4n) is 2.92. The Morgan fingerprint density at radius 2 is 1.61 bits per heavy atom. The van der Waals surface area contributed by atoms with Gasteiger partial charge in [-0.2, -0.15) is 0 Å². The lowest BCUT2D eigenvalue weighted by Gasteiger charge is -2.23. The number of non-ortho nitro benzene ring substituents is 1. The van der Waals surface area contributed by atoms with Crippen molar-refractivity contribution in [3.63, 3.8) is 0 Å². The van der Waals surface area contributed by atoms with Crippen molar-refractivity contribution in [3.8, 4) is 0 Å². The maximum Gasteiger partial charge on any atom is 0.326 e. The third-order valence-corrected chi connectivity index (χ3v) is 6.15. The van der Waals surface area contributed by atoms with Gasteiger partial charge < -0.3 is 5.32 Å². The standard InChI is InChI=1S/C22H21FN4O5S/c1-16-2-12-21(13-3-16)33(31,32)24-14-15-26(19-8-4-17(23)5-9-19)22(28)25-18-6-10-20(11-7-18)27(29)30/h2-13,24H,14-15H2,1H3,(H,25,28). The number of nitrogens with one attached hydrogen (secondary N) is 2. The fraction of sp³-hybridized carbons (Fsp3) is 0.136. The summed E-state index contributed by atoms with van der Waals surface area (Å²) in [4.78, 5) is 24.5. The number of anilines is 2. The molecule has 33 heavy (non-hydrogen) atoms. The lowest BCUT2D eigenvalue weighted by Crippen LogP contribution is -2.41. The van der Waals surface area contributed by atoms with E-state index in [4.69, 9.17) is 0 Å². The molecule has 0 fully saturated rings. The zero-order valence-corrected chi connectivity index (χ0v) is 18.4. The first-order valence-corrected chi connectivity index (χ1v) is 11.3. The molecule has 2 amide bonds. The summed E-state index contributed by atoms with van der Waals surface area (Å²) in [6, 6.07) is 16.1. The highest BCUT2D eigenvalue weighted by Gasteiger charge is 2.19. The average molecular weight is 472 g/mol. The van der Waals surface area contributed by atoms with E-state index in [9.17, 15) is 27.7 Å². The molecule has 0 atom stereocenters. The molecule has 0 radical (unpaired) electrons. The molecule has 0 bridgehead atoms. The SMILES string of the molecule is Cc1ccc(S(=O)(=O)NCCN(C(=O)Nc2ccc([N+](=O)[O-])cc2)c2ccc(F)cc2)cc1. The van der Waals surface area contributed by atoms with Gasteiger partial charge in [0.15, 0.2) is 0 Å². The summed E-state index contributed by atoms with van der Waals surface area (Å²) in [5.74, 6) is -0.491. The molecule has 3 aromatic carbocycles. The third kappa shape index (κ3) is 6.34. The van der Waals surface area contributed by atoms with Gasteiger partial charge in [0.05, 0.1) is 9.82 Å². The zero-order chi connectivity index (χ0) is 24.0. The first-order valence-electron chi connectivity index (χ1n) is 9.80. The Balaban J connectivity index is 1.74. The van der Waals surface area contributed by atoms with Crippen molar-refractivity contribution in [2.75, 3.05) is 23.3 Å². The number of hydrogen-bond donors (Lipinski definition) is 2. The van der Waals surface area contributed by atoms with E-state index >= 15 is 0 Å². The van der Waals surface area contributed by atoms with Crippen LogP contribution in [0.5, 0.6) is 0 Å². The van der Waals surface area contributed by atoms with Crippen molar-refractivity contribution >= 4 is 33.1 Å². The molecule has 0 saturated heterocycles. The second-order valence-electron chi connectivity index (χ2n) is 7.07. The highest BCUT2D eigenvalue weighted by atomic mass is 32.2. The molecule has 0 aliphatic heterocycles. The van der Waals surface area contributed by atoms with Gasteiger partial charge in [0.2, 0.25) is 10.0 Å². The van der Waals surface area contributed by atoms with E-state index in [-0.39, 0.29) is 23.7 Å². The molecule has 0 unspecified atom stereocenters. The van der Waals surface area contributed by atoms with Gasteiger partial charge >= 0.3 is 6.03 Å². The third-order valence-electron chi connectivity index (χ3n) is 4.67. The van der Waals surface area contributed by atoms with Crippen molar-refractivity contribution < 1.29 is 22.5 Å². The molecule has 0 aromatic heterocycles. The Labute approximate surface area is 190 Å². The van der Waals surface area contributed by atoms with Crippen LogP contribution in [0.4, 0.5) is 26.2 Å². The summed E-state index contributed by atoms with van der Waals surface area (Å²) in [5, 5.41) is 13.4. The first-order chi connectivity index (χ1) is 15.7. The fourth-order valence-corrected chi connectivity index (χ4v) is 3.94. The van der Waals surface area contributed by atoms with Crippen molar-refractivity contribution in [1.29, 1.82) is 0 Å². The quantitative estimate of drug-likeness (QED) is 0.378. The number of nitro benzene ring substituents is 1. The number of carbonyl (C=O) groups is 1. The predicted octanol–water partition coefficient (Wildman–Crippen LogP) is 4.06. The van der Waals surface area contributed by atoms with Gasteiger partial charge in [-0.3, -0.25) is 15.0 Å². The number of carbonyl (C=O) groups excluding carboxylic acids is 1. The van der Waals surface area contributed by atoms with Crippen molar-refractivity contribution in [1.82, 2.24) is 4.72 Å². The van der Waals surface area contributed by atoms with Gasteiger partial charge in [-0.15, -0.1) is 0 Å². The molecule has 0 saturated carbocycles. The summed E-state index contributed by atoms with van der Waals surface area (Å²) < 4.78 is 40.8. The maximum atomic E-state index is 13.4. The van der Waals surface area contributed by atoms with Crippen LogP contribution in [0, 0.1) is 22.9 Å². The second kappa shape index (κ2) is 10.2. The number of nitro groups is 1. The summed E-state index contributed by atoms with van der Waals surface area (Å²) in [7, 11) is -3.79. The van der Waals surface area contributed by atoms with Crippen molar-refractivity contribution in [2.45, 2.75) is 11.8 Å². The lowest BCUT2D eigenvalue weighted by atomic mass is 10.2. The summed E-state index contributed by atoms with van der Waals surface area (Å²) in [6.45, 7) is 1.67. The normalized spacial score (nSPS) is 11.1. The number of amides is 2. The summed E-state index contributed by atoms with van der Waals surface area (Å²) in [5.41, 5.74) is 1.43. The number of urea groups is 1. The Morgan fingerprint density at radius 3 is 2.18 bits per heavy atom. The second-order valence-corrected chi connectivity index (χ2v) is 8.84. The Morgan fingerprint density at radius 1 is 1.00 bits per heavy atom. The van der Waals surface area contributed by atoms with Gasteiger partial charge in [-0.05, 0) is 55.5 Å². The van der Waals surface area contributed by atoms with Crippen LogP contribution < -0.4 is 14.9 Å². The molecular formula is C22H21FN4O5S. The Bertz CT molecular complexity index is 1230. The Kier molecular flexibility index (Phi) is 7.36. The number of rotatable bonds is 8. The van der Waals surface area contributed by atoms with Gasteiger partial charge in [0, 0.05) is 36.6 Å². The number of benzene rings is 3. The molecule has 0 heterocycles. The van der Waals surface area contributed by atoms with Crippen LogP contribution >= 0.6 is 0 Å². The van der Waals surface area contributed by atoms with Crippen molar-refractivity contribution in [3.05, 3.63) is 94.3 Å². The molecule has 0 spiro atoms. The first kappa shape index (κ1) is 23.8. The summed E-state index contributed by atoms with van der Waals surface area (Å²) >= 11 is 0. The van der Waals surface area contributed by atoms with Crippen molar-refractivity contribution in [2.24, 2.45) is 0 Å². The van der Waals surface area contributed by atoms with Crippen LogP contribution in [0.25, 0.3) is 0 Å². The molecule has 172 valence electrons. The molecule has 3 rings (SSSR count). The van der Waals surface area contributed by atoms with E-state index in [1.165, 1.54) is 65.6 Å². The monoisotopic (exact) mass is 472 g/mol. The molecule has 9 nitrogen and oxygen atoms in total. The van der Waals surface area contributed by atoms with E-state index in [0.29, 0.717) is 11.4 Å². The van der Waals surface area contributed by atoms with E-state index in [1.54, 1.807) is 12.1 Å². The molecule has 3 aromatic rings. The number of hydrogen-bond acceptors (Lipinski definition) is 5. The maximum absolute atomic E-state index is 13.4. The molecule has 2 N–H and O–H groups in total. The summed E-state index contributed by atoms with van der Waals surface area (Å²) in [6.07, 6.45) is 0. The number of halogens is 1. The van der Waals surface area contributed by atoms with Crippen LogP contribution in [-0.4, -0.2) is 32.5 Å². The lowest BCUT2D eigenvalue weighted by molar-refractivity contribution is -0.384. The van der Waals surface area contributed by atoms with Crippen LogP contribution in [0.3, 0.4) is 0 Å². The average Bonchev–Trinajstić information content (AvgIpc) is 2.78. The minimum atomic E-state index is -3.79. The van der Waals surface area contributed by atoms with Gasteiger partial charge in [0.1, 0.15) is 5.82 Å².